The molecule has 0 aliphatic rings. The van der Waals surface area contributed by atoms with Crippen molar-refractivity contribution in [1.29, 1.82) is 0 Å². The highest BCUT2D eigenvalue weighted by Crippen LogP contribution is 2.17. The molecule has 0 spiro atoms. The predicted octanol–water partition coefficient (Wildman–Crippen LogP) is 18.2. The van der Waals surface area contributed by atoms with Crippen LogP contribution in [0.2, 0.25) is 0 Å². The van der Waals surface area contributed by atoms with Crippen molar-refractivity contribution < 1.29 is 15.0 Å². The highest BCUT2D eigenvalue weighted by Gasteiger charge is 2.20. The Bertz CT molecular complexity index is 1090. The van der Waals surface area contributed by atoms with Crippen LogP contribution in [0.15, 0.2) is 72.9 Å². The third-order valence-corrected chi connectivity index (χ3v) is 12.5. The van der Waals surface area contributed by atoms with Gasteiger partial charge in [-0.3, -0.25) is 4.79 Å². The Balaban J connectivity index is 3.51. The average Bonchev–Trinajstić information content (AvgIpc) is 3.29. The van der Waals surface area contributed by atoms with Gasteiger partial charge in [-0.1, -0.05) is 279 Å². The number of carbonyl (C=O) groups is 1. The van der Waals surface area contributed by atoms with Crippen LogP contribution in [0.1, 0.15) is 277 Å². The summed E-state index contributed by atoms with van der Waals surface area (Å²) >= 11 is 0. The number of aliphatic hydroxyl groups excluding tert-OH is 2. The van der Waals surface area contributed by atoms with E-state index in [-0.39, 0.29) is 12.5 Å². The topological polar surface area (TPSA) is 69.6 Å². The van der Waals surface area contributed by atoms with E-state index in [4.69, 9.17) is 0 Å². The molecule has 0 saturated carbocycles. The number of amides is 1. The molecule has 4 nitrogen and oxygen atoms in total. The Kier molecular flexibility index (Phi) is 52.3. The molecule has 0 aromatic rings. The van der Waals surface area contributed by atoms with Crippen molar-refractivity contribution in [2.45, 2.75) is 289 Å². The minimum Gasteiger partial charge on any atom is -0.394 e. The number of allylic oxidation sites excluding steroid dienone is 12. The van der Waals surface area contributed by atoms with E-state index in [1.54, 1.807) is 0 Å². The highest BCUT2D eigenvalue weighted by atomic mass is 16.3. The van der Waals surface area contributed by atoms with E-state index >= 15 is 0 Å². The Morgan fingerprint density at radius 1 is 0.397 bits per heavy atom. The lowest BCUT2D eigenvalue weighted by molar-refractivity contribution is -0.123. The van der Waals surface area contributed by atoms with Gasteiger partial charge in [-0.15, -0.1) is 0 Å². The summed E-state index contributed by atoms with van der Waals surface area (Å²) in [6.07, 6.45) is 77.5. The fraction of sp³-hybridized carbons (Fsp3) is 0.780. The Hall–Kier alpha value is -2.17. The first kappa shape index (κ1) is 60.8. The van der Waals surface area contributed by atoms with Crippen LogP contribution in [0.25, 0.3) is 0 Å². The summed E-state index contributed by atoms with van der Waals surface area (Å²) in [5.74, 6) is -0.0726. The molecule has 4 heteroatoms. The molecule has 0 aliphatic heterocycles. The molecule has 0 saturated heterocycles. The van der Waals surface area contributed by atoms with Gasteiger partial charge >= 0.3 is 0 Å². The van der Waals surface area contributed by atoms with Gasteiger partial charge in [-0.2, -0.15) is 0 Å². The molecule has 0 rings (SSSR count). The van der Waals surface area contributed by atoms with Gasteiger partial charge in [-0.05, 0) is 64.2 Å². The SMILES string of the molecule is CC/C=C\C/C=C\C/C=C\C/C=C\C/C=C\C/C=C\CCCCC(=O)NC(CO)C(O)CCCCCCCCCCCCCCCCCCCCCCCCCCCCCCCC. The number of hydrogen-bond acceptors (Lipinski definition) is 3. The summed E-state index contributed by atoms with van der Waals surface area (Å²) in [6, 6.07) is -0.565. The van der Waals surface area contributed by atoms with Crippen LogP contribution >= 0.6 is 0 Å². The van der Waals surface area contributed by atoms with Crippen LogP contribution in [0.3, 0.4) is 0 Å². The Labute approximate surface area is 393 Å². The third kappa shape index (κ3) is 50.7. The number of carbonyl (C=O) groups excluding carboxylic acids is 1. The van der Waals surface area contributed by atoms with Gasteiger partial charge in [0.2, 0.25) is 5.91 Å². The number of unbranched alkanes of at least 4 members (excludes halogenated alkanes) is 31. The monoisotopic (exact) mass is 878 g/mol. The molecule has 366 valence electrons. The minimum absolute atomic E-state index is 0.0726. The zero-order valence-electron chi connectivity index (χ0n) is 42.1. The maximum Gasteiger partial charge on any atom is 0.220 e. The van der Waals surface area contributed by atoms with Gasteiger partial charge in [0, 0.05) is 6.42 Å². The van der Waals surface area contributed by atoms with E-state index in [2.05, 4.69) is 92.1 Å². The van der Waals surface area contributed by atoms with Crippen LogP contribution in [-0.4, -0.2) is 34.9 Å². The number of rotatable bonds is 50. The van der Waals surface area contributed by atoms with Gasteiger partial charge in [-0.25, -0.2) is 0 Å². The van der Waals surface area contributed by atoms with Gasteiger partial charge in [0.15, 0.2) is 0 Å². The molecule has 0 bridgehead atoms. The molecule has 2 unspecified atom stereocenters. The molecule has 63 heavy (non-hydrogen) atoms. The predicted molar refractivity (Wildman–Crippen MR) is 281 cm³/mol. The van der Waals surface area contributed by atoms with Gasteiger partial charge in [0.25, 0.3) is 0 Å². The molecule has 0 aromatic heterocycles. The van der Waals surface area contributed by atoms with Gasteiger partial charge in [0.1, 0.15) is 0 Å². The summed E-state index contributed by atoms with van der Waals surface area (Å²) in [5.41, 5.74) is 0. The zero-order valence-corrected chi connectivity index (χ0v) is 42.1. The van der Waals surface area contributed by atoms with Crippen molar-refractivity contribution in [1.82, 2.24) is 5.32 Å². The first-order valence-electron chi connectivity index (χ1n) is 27.6. The third-order valence-electron chi connectivity index (χ3n) is 12.5. The quantitative estimate of drug-likeness (QED) is 0.0421. The Morgan fingerprint density at radius 3 is 1.02 bits per heavy atom. The van der Waals surface area contributed by atoms with Crippen LogP contribution in [0.4, 0.5) is 0 Å². The number of hydrogen-bond donors (Lipinski definition) is 3. The van der Waals surface area contributed by atoms with Crippen LogP contribution in [0.5, 0.6) is 0 Å². The van der Waals surface area contributed by atoms with Crippen LogP contribution in [-0.2, 0) is 4.79 Å². The normalized spacial score (nSPS) is 13.4. The van der Waals surface area contributed by atoms with Crippen LogP contribution < -0.4 is 5.32 Å². The van der Waals surface area contributed by atoms with Gasteiger partial charge < -0.3 is 15.5 Å². The zero-order chi connectivity index (χ0) is 45.6. The molecule has 3 N–H and O–H groups in total. The Morgan fingerprint density at radius 2 is 0.698 bits per heavy atom. The van der Waals surface area contributed by atoms with E-state index in [0.717, 1.165) is 70.6 Å². The molecule has 0 fully saturated rings. The summed E-state index contributed by atoms with van der Waals surface area (Å²) in [7, 11) is 0. The van der Waals surface area contributed by atoms with E-state index < -0.39 is 12.1 Å². The van der Waals surface area contributed by atoms with Crippen LogP contribution in [0, 0.1) is 0 Å². The minimum atomic E-state index is -0.684. The van der Waals surface area contributed by atoms with Crippen molar-refractivity contribution in [3.05, 3.63) is 72.9 Å². The summed E-state index contributed by atoms with van der Waals surface area (Å²) in [5, 5.41) is 23.3. The first-order chi connectivity index (χ1) is 31.2. The second kappa shape index (κ2) is 54.2. The second-order valence-electron chi connectivity index (χ2n) is 18.6. The molecular formula is C59H107NO3. The molecule has 0 aromatic carbocycles. The highest BCUT2D eigenvalue weighted by molar-refractivity contribution is 5.76. The summed E-state index contributed by atoms with van der Waals surface area (Å²) in [4.78, 5) is 12.5. The molecule has 0 heterocycles. The van der Waals surface area contributed by atoms with Crippen molar-refractivity contribution in [2.24, 2.45) is 0 Å². The molecule has 0 radical (unpaired) electrons. The van der Waals surface area contributed by atoms with Crippen molar-refractivity contribution in [3.63, 3.8) is 0 Å². The average molecular weight is 879 g/mol. The molecule has 2 atom stereocenters. The van der Waals surface area contributed by atoms with Crippen molar-refractivity contribution in [3.8, 4) is 0 Å². The van der Waals surface area contributed by atoms with Crippen molar-refractivity contribution in [2.75, 3.05) is 6.61 Å². The lowest BCUT2D eigenvalue weighted by atomic mass is 10.0. The fourth-order valence-electron chi connectivity index (χ4n) is 8.31. The maximum atomic E-state index is 12.5. The number of nitrogens with one attached hydrogen (secondary N) is 1. The second-order valence-corrected chi connectivity index (χ2v) is 18.6. The maximum absolute atomic E-state index is 12.5. The van der Waals surface area contributed by atoms with E-state index in [1.807, 2.05) is 0 Å². The van der Waals surface area contributed by atoms with E-state index in [0.29, 0.717) is 12.8 Å². The number of aliphatic hydroxyl groups is 2. The largest absolute Gasteiger partial charge is 0.394 e. The fourth-order valence-corrected chi connectivity index (χ4v) is 8.31. The summed E-state index contributed by atoms with van der Waals surface area (Å²) in [6.45, 7) is 4.24. The van der Waals surface area contributed by atoms with E-state index in [1.165, 1.54) is 180 Å². The van der Waals surface area contributed by atoms with E-state index in [9.17, 15) is 15.0 Å². The summed E-state index contributed by atoms with van der Waals surface area (Å²) < 4.78 is 0. The molecular weight excluding hydrogens is 771 g/mol. The lowest BCUT2D eigenvalue weighted by Crippen LogP contribution is -2.45. The standard InChI is InChI=1S/C59H107NO3/c1-3-5-7-9-11-13-15-17-19-21-23-25-26-27-28-29-30-31-32-33-35-36-38-40-42-44-46-48-50-52-54-58(62)57(56-61)60-59(63)55-53-51-49-47-45-43-41-39-37-34-24-22-20-18-16-14-12-10-8-6-4-2/h6,8,12,14,18,20,24,34,39,41,45,47,57-58,61-62H,3-5,7,9-11,13,15-17,19,21-23,25-33,35-38,40,42-44,46,48-56H2,1-2H3,(H,60,63)/b8-6-,14-12-,20-18-,34-24-,41-39-,47-45-. The van der Waals surface area contributed by atoms with Crippen molar-refractivity contribution >= 4 is 5.91 Å². The molecule has 1 amide bonds. The van der Waals surface area contributed by atoms with Gasteiger partial charge in [0.05, 0.1) is 18.8 Å². The first-order valence-corrected chi connectivity index (χ1v) is 27.6. The molecule has 0 aliphatic carbocycles. The lowest BCUT2D eigenvalue weighted by Gasteiger charge is -2.22. The smallest absolute Gasteiger partial charge is 0.220 e.